The number of hydrogen-bond donors (Lipinski definition) is 2. The molecule has 22 heavy (non-hydrogen) atoms. The monoisotopic (exact) mass is 340 g/mol. The van der Waals surface area contributed by atoms with Crippen molar-refractivity contribution >= 4 is 32.4 Å². The Labute approximate surface area is 128 Å². The molecule has 2 N–H and O–H groups in total. The van der Waals surface area contributed by atoms with Crippen LogP contribution in [0, 0.1) is 0 Å². The minimum atomic E-state index is -4.84. The molecule has 0 amide bonds. The number of rotatable bonds is 4. The first-order valence-electron chi connectivity index (χ1n) is 6.01. The molecule has 0 heterocycles. The van der Waals surface area contributed by atoms with Gasteiger partial charge in [0.05, 0.1) is 0 Å². The zero-order chi connectivity index (χ0) is 16.4. The maximum Gasteiger partial charge on any atom is 0.296 e. The molecule has 6 nitrogen and oxygen atoms in total. The predicted octanol–water partition coefficient (Wildman–Crippen LogP) is 2.35. The Kier molecular flexibility index (Phi) is 4.47. The van der Waals surface area contributed by atoms with Gasteiger partial charge >= 0.3 is 0 Å². The minimum absolute atomic E-state index is 0.0542. The van der Waals surface area contributed by atoms with Gasteiger partial charge in [0.1, 0.15) is 9.79 Å². The molecule has 0 aromatic heterocycles. The van der Waals surface area contributed by atoms with Crippen molar-refractivity contribution in [3.63, 3.8) is 0 Å². The second-order valence-corrected chi connectivity index (χ2v) is 7.12. The summed E-state index contributed by atoms with van der Waals surface area (Å²) in [5, 5.41) is 0. The molecule has 0 aliphatic carbocycles. The maximum atomic E-state index is 11.5. The molecule has 0 saturated carbocycles. The molecule has 0 unspecified atom stereocenters. The third kappa shape index (κ3) is 3.80. The van der Waals surface area contributed by atoms with Crippen LogP contribution in [-0.4, -0.2) is 25.9 Å². The number of hydrogen-bond acceptors (Lipinski definition) is 4. The Morgan fingerprint density at radius 3 is 1.91 bits per heavy atom. The summed E-state index contributed by atoms with van der Waals surface area (Å²) in [7, 11) is -9.64. The lowest BCUT2D eigenvalue weighted by molar-refractivity contribution is 0.466. The summed E-state index contributed by atoms with van der Waals surface area (Å²) in [6.45, 7) is 0. The largest absolute Gasteiger partial charge is 0.296 e. The molecule has 0 atom stereocenters. The van der Waals surface area contributed by atoms with E-state index in [1.54, 1.807) is 36.4 Å². The second-order valence-electron chi connectivity index (χ2n) is 4.37. The molecule has 0 fully saturated rings. The van der Waals surface area contributed by atoms with Crippen molar-refractivity contribution in [2.75, 3.05) is 0 Å². The molecule has 2 aromatic carbocycles. The van der Waals surface area contributed by atoms with Crippen LogP contribution in [0.4, 0.5) is 0 Å². The van der Waals surface area contributed by atoms with E-state index in [1.165, 1.54) is 18.2 Å². The predicted molar refractivity (Wildman–Crippen MR) is 81.4 cm³/mol. The summed E-state index contributed by atoms with van der Waals surface area (Å²) >= 11 is 0. The lowest BCUT2D eigenvalue weighted by atomic mass is 10.1. The quantitative estimate of drug-likeness (QED) is 0.653. The van der Waals surface area contributed by atoms with Crippen LogP contribution in [0.15, 0.2) is 58.3 Å². The van der Waals surface area contributed by atoms with E-state index in [0.717, 1.165) is 11.6 Å². The lowest BCUT2D eigenvalue weighted by Gasteiger charge is -2.07. The Morgan fingerprint density at radius 2 is 1.36 bits per heavy atom. The fourth-order valence-electron chi connectivity index (χ4n) is 1.89. The van der Waals surface area contributed by atoms with Gasteiger partial charge in [-0.15, -0.1) is 0 Å². The van der Waals surface area contributed by atoms with Gasteiger partial charge in [0.2, 0.25) is 0 Å². The van der Waals surface area contributed by atoms with Gasteiger partial charge in [0.15, 0.2) is 0 Å². The molecule has 0 bridgehead atoms. The van der Waals surface area contributed by atoms with E-state index in [0.29, 0.717) is 0 Å². The average molecular weight is 340 g/mol. The average Bonchev–Trinajstić information content (AvgIpc) is 2.44. The molecule has 2 aromatic rings. The van der Waals surface area contributed by atoms with E-state index in [4.69, 9.17) is 4.55 Å². The lowest BCUT2D eigenvalue weighted by Crippen LogP contribution is -2.10. The van der Waals surface area contributed by atoms with Crippen LogP contribution in [0.25, 0.3) is 12.2 Å². The molecule has 0 spiro atoms. The highest BCUT2D eigenvalue weighted by Crippen LogP contribution is 2.26. The van der Waals surface area contributed by atoms with Crippen molar-refractivity contribution in [2.45, 2.75) is 9.79 Å². The van der Waals surface area contributed by atoms with Crippen LogP contribution < -0.4 is 0 Å². The van der Waals surface area contributed by atoms with Crippen molar-refractivity contribution in [3.8, 4) is 0 Å². The third-order valence-electron chi connectivity index (χ3n) is 2.80. The van der Waals surface area contributed by atoms with Gasteiger partial charge in [-0.25, -0.2) is 0 Å². The SMILES string of the molecule is O=S(=O)(O)c1cccc(C=Cc2ccccc2)c1S(=O)(=O)O. The van der Waals surface area contributed by atoms with Gasteiger partial charge in [0.25, 0.3) is 20.2 Å². The highest BCUT2D eigenvalue weighted by molar-refractivity contribution is 7.89. The number of benzene rings is 2. The van der Waals surface area contributed by atoms with Crippen molar-refractivity contribution in [2.24, 2.45) is 0 Å². The molecular formula is C14H12O6S2. The summed E-state index contributed by atoms with van der Waals surface area (Å²) < 4.78 is 63.9. The van der Waals surface area contributed by atoms with E-state index in [2.05, 4.69) is 0 Å². The molecule has 8 heteroatoms. The first kappa shape index (κ1) is 16.4. The Balaban J connectivity index is 2.65. The normalized spacial score (nSPS) is 12.6. The van der Waals surface area contributed by atoms with Gasteiger partial charge in [-0.1, -0.05) is 54.6 Å². The van der Waals surface area contributed by atoms with E-state index in [-0.39, 0.29) is 5.56 Å². The zero-order valence-corrected chi connectivity index (χ0v) is 12.8. The van der Waals surface area contributed by atoms with Gasteiger partial charge in [0, 0.05) is 0 Å². The summed E-state index contributed by atoms with van der Waals surface area (Å²) in [4.78, 5) is -1.73. The van der Waals surface area contributed by atoms with E-state index >= 15 is 0 Å². The zero-order valence-electron chi connectivity index (χ0n) is 11.1. The third-order valence-corrected chi connectivity index (χ3v) is 4.80. The maximum absolute atomic E-state index is 11.5. The van der Waals surface area contributed by atoms with Crippen molar-refractivity contribution in [3.05, 3.63) is 59.7 Å². The van der Waals surface area contributed by atoms with E-state index in [9.17, 15) is 21.4 Å². The van der Waals surface area contributed by atoms with Crippen LogP contribution in [0.2, 0.25) is 0 Å². The smallest absolute Gasteiger partial charge is 0.282 e. The van der Waals surface area contributed by atoms with Crippen molar-refractivity contribution in [1.82, 2.24) is 0 Å². The second kappa shape index (κ2) is 6.01. The fraction of sp³-hybridized carbons (Fsp3) is 0. The van der Waals surface area contributed by atoms with Crippen LogP contribution in [0.5, 0.6) is 0 Å². The van der Waals surface area contributed by atoms with Crippen molar-refractivity contribution in [1.29, 1.82) is 0 Å². The van der Waals surface area contributed by atoms with Crippen LogP contribution in [-0.2, 0) is 20.2 Å². The van der Waals surface area contributed by atoms with Crippen LogP contribution >= 0.6 is 0 Å². The molecule has 0 saturated heterocycles. The minimum Gasteiger partial charge on any atom is -0.282 e. The van der Waals surface area contributed by atoms with E-state index in [1.807, 2.05) is 0 Å². The highest BCUT2D eigenvalue weighted by Gasteiger charge is 2.26. The molecule has 2 rings (SSSR count). The molecular weight excluding hydrogens is 328 g/mol. The summed E-state index contributed by atoms with van der Waals surface area (Å²) in [5.41, 5.74) is 0.697. The first-order chi connectivity index (χ1) is 10.2. The highest BCUT2D eigenvalue weighted by atomic mass is 32.2. The Bertz CT molecular complexity index is 913. The standard InChI is InChI=1S/C14H12O6S2/c15-21(16,17)13-8-4-7-12(14(13)22(18,19)20)10-9-11-5-2-1-3-6-11/h1-10H,(H,15,16,17)(H,18,19,20). The summed E-state index contributed by atoms with van der Waals surface area (Å²) in [6.07, 6.45) is 2.89. The molecule has 116 valence electrons. The topological polar surface area (TPSA) is 109 Å². The van der Waals surface area contributed by atoms with Gasteiger partial charge < -0.3 is 0 Å². The summed E-state index contributed by atoms with van der Waals surface area (Å²) in [5.74, 6) is 0. The Hall–Kier alpha value is -2.00. The molecule has 0 aliphatic rings. The van der Waals surface area contributed by atoms with Gasteiger partial charge in [-0.2, -0.15) is 16.8 Å². The summed E-state index contributed by atoms with van der Waals surface area (Å²) in [6, 6.07) is 12.4. The van der Waals surface area contributed by atoms with Gasteiger partial charge in [-0.3, -0.25) is 9.11 Å². The Morgan fingerprint density at radius 1 is 0.727 bits per heavy atom. The van der Waals surface area contributed by atoms with Crippen LogP contribution in [0.1, 0.15) is 11.1 Å². The van der Waals surface area contributed by atoms with Gasteiger partial charge in [-0.05, 0) is 17.2 Å². The fourth-order valence-corrected chi connectivity index (χ4v) is 3.88. The molecule has 0 radical (unpaired) electrons. The molecule has 0 aliphatic heterocycles. The van der Waals surface area contributed by atoms with Crippen molar-refractivity contribution < 1.29 is 25.9 Å². The first-order valence-corrected chi connectivity index (χ1v) is 8.89. The van der Waals surface area contributed by atoms with E-state index < -0.39 is 30.0 Å². The van der Waals surface area contributed by atoms with Crippen LogP contribution in [0.3, 0.4) is 0 Å².